The van der Waals surface area contributed by atoms with Gasteiger partial charge >= 0.3 is 0 Å². The second-order valence-electron chi connectivity index (χ2n) is 6.78. The monoisotopic (exact) mass is 348 g/mol. The van der Waals surface area contributed by atoms with E-state index in [1.165, 1.54) is 12.8 Å². The number of hydrogen-bond donors (Lipinski definition) is 0. The van der Waals surface area contributed by atoms with Gasteiger partial charge < -0.3 is 4.74 Å². The fourth-order valence-corrected chi connectivity index (χ4v) is 3.55. The number of rotatable bonds is 5. The Morgan fingerprint density at radius 3 is 2.54 bits per heavy atom. The van der Waals surface area contributed by atoms with E-state index in [1.54, 1.807) is 0 Å². The summed E-state index contributed by atoms with van der Waals surface area (Å²) in [5.74, 6) is 1.71. The van der Waals surface area contributed by atoms with Crippen molar-refractivity contribution < 1.29 is 17.3 Å². The molecule has 0 bridgehead atoms. The van der Waals surface area contributed by atoms with E-state index in [2.05, 4.69) is 6.92 Å². The summed E-state index contributed by atoms with van der Waals surface area (Å²) in [7, 11) is -3.43. The molecule has 5 heteroatoms. The zero-order chi connectivity index (χ0) is 17.2. The molecule has 3 rings (SSSR count). The van der Waals surface area contributed by atoms with E-state index in [4.69, 9.17) is 8.92 Å². The van der Waals surface area contributed by atoms with Crippen molar-refractivity contribution in [3.63, 3.8) is 0 Å². The SMILES string of the molecule is CC1CCC(Oc2cccc3cc(COS(C)(=O)=O)ccc23)CC1. The molecule has 0 aromatic heterocycles. The molecule has 2 aromatic rings. The molecule has 1 fully saturated rings. The van der Waals surface area contributed by atoms with Crippen molar-refractivity contribution >= 4 is 20.9 Å². The first-order chi connectivity index (χ1) is 11.4. The van der Waals surface area contributed by atoms with E-state index >= 15 is 0 Å². The van der Waals surface area contributed by atoms with Gasteiger partial charge in [0.1, 0.15) is 5.75 Å². The van der Waals surface area contributed by atoms with Crippen LogP contribution in [0.5, 0.6) is 5.75 Å². The van der Waals surface area contributed by atoms with Gasteiger partial charge in [0.05, 0.1) is 19.0 Å². The molecule has 4 nitrogen and oxygen atoms in total. The van der Waals surface area contributed by atoms with E-state index in [1.807, 2.05) is 36.4 Å². The van der Waals surface area contributed by atoms with Crippen LogP contribution in [0.1, 0.15) is 38.2 Å². The molecule has 2 aromatic carbocycles. The second kappa shape index (κ2) is 7.11. The average molecular weight is 348 g/mol. The van der Waals surface area contributed by atoms with Crippen LogP contribution in [0, 0.1) is 5.92 Å². The highest BCUT2D eigenvalue weighted by molar-refractivity contribution is 7.85. The van der Waals surface area contributed by atoms with Crippen LogP contribution in [0.2, 0.25) is 0 Å². The minimum Gasteiger partial charge on any atom is -0.490 e. The highest BCUT2D eigenvalue weighted by Gasteiger charge is 2.20. The Kier molecular flexibility index (Phi) is 5.11. The van der Waals surface area contributed by atoms with Gasteiger partial charge in [0.15, 0.2) is 0 Å². The molecule has 0 atom stereocenters. The molecular weight excluding hydrogens is 324 g/mol. The van der Waals surface area contributed by atoms with E-state index in [0.717, 1.165) is 47.1 Å². The summed E-state index contributed by atoms with van der Waals surface area (Å²) < 4.78 is 33.4. The van der Waals surface area contributed by atoms with Gasteiger partial charge in [-0.15, -0.1) is 0 Å². The largest absolute Gasteiger partial charge is 0.490 e. The zero-order valence-electron chi connectivity index (χ0n) is 14.2. The minimum absolute atomic E-state index is 0.0559. The van der Waals surface area contributed by atoms with Crippen LogP contribution in [-0.4, -0.2) is 20.8 Å². The van der Waals surface area contributed by atoms with Crippen molar-refractivity contribution in [3.05, 3.63) is 42.0 Å². The molecule has 0 heterocycles. The molecule has 0 radical (unpaired) electrons. The normalized spacial score (nSPS) is 21.8. The molecular formula is C19H24O4S. The van der Waals surface area contributed by atoms with Crippen molar-refractivity contribution in [1.29, 1.82) is 0 Å². The van der Waals surface area contributed by atoms with E-state index in [-0.39, 0.29) is 6.61 Å². The molecule has 0 aliphatic heterocycles. The summed E-state index contributed by atoms with van der Waals surface area (Å²) in [6, 6.07) is 11.8. The molecule has 24 heavy (non-hydrogen) atoms. The van der Waals surface area contributed by atoms with Gasteiger partial charge in [-0.2, -0.15) is 8.42 Å². The van der Waals surface area contributed by atoms with Crippen LogP contribution in [0.4, 0.5) is 0 Å². The van der Waals surface area contributed by atoms with Crippen LogP contribution in [0.3, 0.4) is 0 Å². The lowest BCUT2D eigenvalue weighted by Gasteiger charge is -2.27. The second-order valence-corrected chi connectivity index (χ2v) is 8.42. The summed E-state index contributed by atoms with van der Waals surface area (Å²) in [5.41, 5.74) is 0.830. The van der Waals surface area contributed by atoms with Crippen LogP contribution < -0.4 is 4.74 Å². The third-order valence-electron chi connectivity index (χ3n) is 4.60. The number of ether oxygens (including phenoxy) is 1. The fraction of sp³-hybridized carbons (Fsp3) is 0.474. The van der Waals surface area contributed by atoms with Crippen LogP contribution in [0.15, 0.2) is 36.4 Å². The quantitative estimate of drug-likeness (QED) is 0.757. The summed E-state index contributed by atoms with van der Waals surface area (Å²) in [6.07, 6.45) is 6.02. The molecule has 0 saturated heterocycles. The zero-order valence-corrected chi connectivity index (χ0v) is 15.0. The van der Waals surface area contributed by atoms with Gasteiger partial charge in [-0.05, 0) is 54.7 Å². The van der Waals surface area contributed by atoms with Crippen LogP contribution >= 0.6 is 0 Å². The maximum absolute atomic E-state index is 11.1. The highest BCUT2D eigenvalue weighted by atomic mass is 32.2. The fourth-order valence-electron chi connectivity index (χ4n) is 3.20. The first kappa shape index (κ1) is 17.2. The molecule has 1 aliphatic carbocycles. The molecule has 0 N–H and O–H groups in total. The summed E-state index contributed by atoms with van der Waals surface area (Å²) in [5, 5.41) is 2.09. The Balaban J connectivity index is 1.77. The lowest BCUT2D eigenvalue weighted by atomic mass is 9.89. The van der Waals surface area contributed by atoms with Crippen LogP contribution in [-0.2, 0) is 20.9 Å². The Labute approximate surface area is 143 Å². The molecule has 0 spiro atoms. The summed E-state index contributed by atoms with van der Waals surface area (Å²) in [4.78, 5) is 0. The molecule has 0 unspecified atom stereocenters. The Morgan fingerprint density at radius 1 is 1.08 bits per heavy atom. The smallest absolute Gasteiger partial charge is 0.264 e. The molecule has 0 amide bonds. The van der Waals surface area contributed by atoms with Crippen molar-refractivity contribution in [2.24, 2.45) is 5.92 Å². The predicted molar refractivity (Wildman–Crippen MR) is 95.6 cm³/mol. The average Bonchev–Trinajstić information content (AvgIpc) is 2.54. The van der Waals surface area contributed by atoms with Crippen molar-refractivity contribution in [1.82, 2.24) is 0 Å². The Bertz CT molecular complexity index is 805. The van der Waals surface area contributed by atoms with Crippen molar-refractivity contribution in [2.45, 2.75) is 45.3 Å². The number of benzene rings is 2. The maximum atomic E-state index is 11.1. The molecule has 1 aliphatic rings. The minimum atomic E-state index is -3.43. The van der Waals surface area contributed by atoms with Gasteiger partial charge in [-0.25, -0.2) is 0 Å². The van der Waals surface area contributed by atoms with E-state index < -0.39 is 10.1 Å². The van der Waals surface area contributed by atoms with Crippen molar-refractivity contribution in [2.75, 3.05) is 6.26 Å². The first-order valence-corrected chi connectivity index (χ1v) is 10.2. The van der Waals surface area contributed by atoms with Gasteiger partial charge in [-0.3, -0.25) is 4.18 Å². The van der Waals surface area contributed by atoms with E-state index in [9.17, 15) is 8.42 Å². The first-order valence-electron chi connectivity index (χ1n) is 8.43. The van der Waals surface area contributed by atoms with E-state index in [0.29, 0.717) is 6.10 Å². The third-order valence-corrected chi connectivity index (χ3v) is 5.15. The predicted octanol–water partition coefficient (Wildman–Crippen LogP) is 4.27. The topological polar surface area (TPSA) is 52.6 Å². The van der Waals surface area contributed by atoms with Crippen molar-refractivity contribution in [3.8, 4) is 5.75 Å². The third kappa shape index (κ3) is 4.48. The van der Waals surface area contributed by atoms with Gasteiger partial charge in [0.25, 0.3) is 10.1 Å². The molecule has 130 valence electrons. The highest BCUT2D eigenvalue weighted by Crippen LogP contribution is 2.31. The lowest BCUT2D eigenvalue weighted by molar-refractivity contribution is 0.137. The Morgan fingerprint density at radius 2 is 1.83 bits per heavy atom. The van der Waals surface area contributed by atoms with Gasteiger partial charge in [-0.1, -0.05) is 31.2 Å². The van der Waals surface area contributed by atoms with Gasteiger partial charge in [0.2, 0.25) is 0 Å². The number of hydrogen-bond acceptors (Lipinski definition) is 4. The lowest BCUT2D eigenvalue weighted by Crippen LogP contribution is -2.23. The standard InChI is InChI=1S/C19H24O4S/c1-14-6-9-17(10-7-14)23-19-5-3-4-16-12-15(8-11-18(16)19)13-22-24(2,20)21/h3-5,8,11-12,14,17H,6-7,9-10,13H2,1-2H3. The molecule has 1 saturated carbocycles. The Hall–Kier alpha value is -1.59. The summed E-state index contributed by atoms with van der Waals surface area (Å²) >= 11 is 0. The summed E-state index contributed by atoms with van der Waals surface area (Å²) in [6.45, 7) is 2.36. The van der Waals surface area contributed by atoms with Gasteiger partial charge in [0, 0.05) is 5.39 Å². The number of fused-ring (bicyclic) bond motifs is 1. The van der Waals surface area contributed by atoms with Crippen LogP contribution in [0.25, 0.3) is 10.8 Å². The maximum Gasteiger partial charge on any atom is 0.264 e.